The highest BCUT2D eigenvalue weighted by atomic mass is 35.5. The van der Waals surface area contributed by atoms with E-state index in [1.54, 1.807) is 31.2 Å². The van der Waals surface area contributed by atoms with Crippen molar-refractivity contribution >= 4 is 28.4 Å². The van der Waals surface area contributed by atoms with Crippen molar-refractivity contribution in [2.24, 2.45) is 0 Å². The van der Waals surface area contributed by atoms with Gasteiger partial charge < -0.3 is 4.74 Å². The van der Waals surface area contributed by atoms with Gasteiger partial charge in [0.1, 0.15) is 0 Å². The van der Waals surface area contributed by atoms with Gasteiger partial charge in [-0.1, -0.05) is 11.6 Å². The molecule has 0 heterocycles. The topological polar surface area (TPSA) is 43.4 Å². The third-order valence-electron chi connectivity index (χ3n) is 2.09. The van der Waals surface area contributed by atoms with Gasteiger partial charge in [0.25, 0.3) is 0 Å². The van der Waals surface area contributed by atoms with Crippen molar-refractivity contribution in [1.29, 1.82) is 0 Å². The summed E-state index contributed by atoms with van der Waals surface area (Å²) >= 11 is 5.73. The van der Waals surface area contributed by atoms with E-state index in [4.69, 9.17) is 11.6 Å². The van der Waals surface area contributed by atoms with Crippen molar-refractivity contribution in [2.75, 3.05) is 7.11 Å². The molecule has 0 aliphatic rings. The van der Waals surface area contributed by atoms with Gasteiger partial charge >= 0.3 is 5.97 Å². The number of esters is 1. The predicted molar refractivity (Wildman–Crippen MR) is 64.0 cm³/mol. The Kier molecular flexibility index (Phi) is 4.96. The summed E-state index contributed by atoms with van der Waals surface area (Å²) in [7, 11) is 0.102. The average Bonchev–Trinajstić information content (AvgIpc) is 2.28. The summed E-state index contributed by atoms with van der Waals surface area (Å²) in [6, 6.07) is 6.76. The van der Waals surface area contributed by atoms with E-state index in [2.05, 4.69) is 4.74 Å². The standard InChI is InChI=1S/C11H13ClO3S/c1-8(7-11(13)15-2)16(14)10-5-3-9(12)4-6-10/h3-6,8H,7H2,1-2H3. The molecule has 0 aliphatic heterocycles. The number of halogens is 1. The molecular weight excluding hydrogens is 248 g/mol. The quantitative estimate of drug-likeness (QED) is 0.781. The molecule has 0 fully saturated rings. The largest absolute Gasteiger partial charge is 0.469 e. The summed E-state index contributed by atoms with van der Waals surface area (Å²) in [6.45, 7) is 1.75. The molecule has 5 heteroatoms. The molecule has 0 N–H and O–H groups in total. The SMILES string of the molecule is COC(=O)CC(C)S(=O)c1ccc(Cl)cc1. The Balaban J connectivity index is 2.70. The smallest absolute Gasteiger partial charge is 0.306 e. The molecule has 88 valence electrons. The predicted octanol–water partition coefficient (Wildman–Crippen LogP) is 2.40. The summed E-state index contributed by atoms with van der Waals surface area (Å²) in [4.78, 5) is 11.7. The second-order valence-corrected chi connectivity index (χ2v) is 5.65. The van der Waals surface area contributed by atoms with Crippen LogP contribution in [0.5, 0.6) is 0 Å². The fourth-order valence-electron chi connectivity index (χ4n) is 1.19. The number of carbonyl (C=O) groups is 1. The van der Waals surface area contributed by atoms with Crippen LogP contribution in [0.1, 0.15) is 13.3 Å². The van der Waals surface area contributed by atoms with E-state index in [9.17, 15) is 9.00 Å². The van der Waals surface area contributed by atoms with E-state index < -0.39 is 10.8 Å². The van der Waals surface area contributed by atoms with Crippen LogP contribution in [0.2, 0.25) is 5.02 Å². The minimum absolute atomic E-state index is 0.145. The molecule has 0 bridgehead atoms. The lowest BCUT2D eigenvalue weighted by atomic mass is 10.3. The van der Waals surface area contributed by atoms with E-state index in [1.807, 2.05) is 0 Å². The zero-order valence-electron chi connectivity index (χ0n) is 9.10. The minimum atomic E-state index is -1.22. The molecule has 0 spiro atoms. The lowest BCUT2D eigenvalue weighted by Gasteiger charge is -2.09. The van der Waals surface area contributed by atoms with Crippen LogP contribution in [0.3, 0.4) is 0 Å². The van der Waals surface area contributed by atoms with E-state index in [0.717, 1.165) is 0 Å². The third-order valence-corrected chi connectivity index (χ3v) is 3.98. The summed E-state index contributed by atoms with van der Waals surface area (Å²) < 4.78 is 16.5. The van der Waals surface area contributed by atoms with Crippen LogP contribution in [0.15, 0.2) is 29.2 Å². The number of carbonyl (C=O) groups excluding carboxylic acids is 1. The van der Waals surface area contributed by atoms with Crippen molar-refractivity contribution in [3.05, 3.63) is 29.3 Å². The first kappa shape index (κ1) is 13.2. The van der Waals surface area contributed by atoms with Gasteiger partial charge in [-0.25, -0.2) is 0 Å². The van der Waals surface area contributed by atoms with E-state index in [0.29, 0.717) is 9.92 Å². The maximum atomic E-state index is 12.0. The highest BCUT2D eigenvalue weighted by Gasteiger charge is 2.17. The molecule has 0 aliphatic carbocycles. The van der Waals surface area contributed by atoms with Crippen LogP contribution >= 0.6 is 11.6 Å². The van der Waals surface area contributed by atoms with Gasteiger partial charge in [-0.2, -0.15) is 0 Å². The van der Waals surface area contributed by atoms with Gasteiger partial charge in [-0.3, -0.25) is 9.00 Å². The molecule has 3 nitrogen and oxygen atoms in total. The van der Waals surface area contributed by atoms with Crippen LogP contribution in [-0.4, -0.2) is 22.5 Å². The van der Waals surface area contributed by atoms with Gasteiger partial charge in [0.15, 0.2) is 0 Å². The Morgan fingerprint density at radius 2 is 2.00 bits per heavy atom. The molecule has 0 saturated carbocycles. The van der Waals surface area contributed by atoms with Crippen molar-refractivity contribution < 1.29 is 13.7 Å². The Labute approximate surface area is 102 Å². The van der Waals surface area contributed by atoms with Gasteiger partial charge in [0.2, 0.25) is 0 Å². The fourth-order valence-corrected chi connectivity index (χ4v) is 2.48. The number of methoxy groups -OCH3 is 1. The molecule has 1 rings (SSSR count). The highest BCUT2D eigenvalue weighted by molar-refractivity contribution is 7.85. The lowest BCUT2D eigenvalue weighted by Crippen LogP contribution is -2.17. The van der Waals surface area contributed by atoms with Crippen LogP contribution in [-0.2, 0) is 20.3 Å². The van der Waals surface area contributed by atoms with Gasteiger partial charge in [-0.05, 0) is 31.2 Å². The van der Waals surface area contributed by atoms with Gasteiger partial charge in [-0.15, -0.1) is 0 Å². The van der Waals surface area contributed by atoms with Crippen LogP contribution in [0, 0.1) is 0 Å². The van der Waals surface area contributed by atoms with E-state index >= 15 is 0 Å². The summed E-state index contributed by atoms with van der Waals surface area (Å²) in [5.74, 6) is -0.352. The molecular formula is C11H13ClO3S. The zero-order chi connectivity index (χ0) is 12.1. The molecule has 1 aromatic carbocycles. The number of ether oxygens (including phenoxy) is 1. The monoisotopic (exact) mass is 260 g/mol. The van der Waals surface area contributed by atoms with Crippen molar-refractivity contribution in [1.82, 2.24) is 0 Å². The normalized spacial score (nSPS) is 14.2. The first-order chi connectivity index (χ1) is 7.54. The van der Waals surface area contributed by atoms with Gasteiger partial charge in [0, 0.05) is 15.2 Å². The zero-order valence-corrected chi connectivity index (χ0v) is 10.7. The second-order valence-electron chi connectivity index (χ2n) is 3.34. The number of hydrogen-bond donors (Lipinski definition) is 0. The van der Waals surface area contributed by atoms with Crippen LogP contribution < -0.4 is 0 Å². The first-order valence-electron chi connectivity index (χ1n) is 4.77. The molecule has 0 aromatic heterocycles. The Morgan fingerprint density at radius 3 is 2.50 bits per heavy atom. The van der Waals surface area contributed by atoms with Crippen molar-refractivity contribution in [3.63, 3.8) is 0 Å². The molecule has 0 amide bonds. The fraction of sp³-hybridized carbons (Fsp3) is 0.364. The molecule has 0 radical (unpaired) electrons. The molecule has 2 atom stereocenters. The summed E-state index contributed by atoms with van der Waals surface area (Å²) in [5, 5.41) is 0.329. The molecule has 1 aromatic rings. The lowest BCUT2D eigenvalue weighted by molar-refractivity contribution is -0.140. The van der Waals surface area contributed by atoms with Crippen molar-refractivity contribution in [2.45, 2.75) is 23.5 Å². The van der Waals surface area contributed by atoms with Crippen molar-refractivity contribution in [3.8, 4) is 0 Å². The number of hydrogen-bond acceptors (Lipinski definition) is 3. The Hall–Kier alpha value is -0.870. The van der Waals surface area contributed by atoms with Gasteiger partial charge in [0.05, 0.1) is 24.3 Å². The first-order valence-corrected chi connectivity index (χ1v) is 6.36. The van der Waals surface area contributed by atoms with Crippen LogP contribution in [0.4, 0.5) is 0 Å². The number of benzene rings is 1. The molecule has 0 saturated heterocycles. The molecule has 16 heavy (non-hydrogen) atoms. The third kappa shape index (κ3) is 3.61. The molecule has 2 unspecified atom stereocenters. The number of rotatable bonds is 4. The maximum Gasteiger partial charge on any atom is 0.306 e. The minimum Gasteiger partial charge on any atom is -0.469 e. The summed E-state index contributed by atoms with van der Waals surface area (Å²) in [6.07, 6.45) is 0.145. The van der Waals surface area contributed by atoms with Crippen LogP contribution in [0.25, 0.3) is 0 Å². The Morgan fingerprint density at radius 1 is 1.44 bits per heavy atom. The summed E-state index contributed by atoms with van der Waals surface area (Å²) in [5.41, 5.74) is 0. The average molecular weight is 261 g/mol. The highest BCUT2D eigenvalue weighted by Crippen LogP contribution is 2.17. The maximum absolute atomic E-state index is 12.0. The van der Waals surface area contributed by atoms with E-state index in [-0.39, 0.29) is 17.6 Å². The Bertz CT molecular complexity index is 389. The second kappa shape index (κ2) is 6.01. The van der Waals surface area contributed by atoms with E-state index in [1.165, 1.54) is 7.11 Å².